The monoisotopic (exact) mass is 232 g/mol. The molecule has 0 aliphatic rings. The zero-order chi connectivity index (χ0) is 12.2. The summed E-state index contributed by atoms with van der Waals surface area (Å²) in [6.07, 6.45) is 3.07. The Bertz CT molecular complexity index is 143. The van der Waals surface area contributed by atoms with E-state index in [0.717, 1.165) is 32.6 Å². The van der Waals surface area contributed by atoms with Crippen molar-refractivity contribution in [2.24, 2.45) is 0 Å². The van der Waals surface area contributed by atoms with Gasteiger partial charge in [-0.1, -0.05) is 13.3 Å². The molecule has 0 rings (SSSR count). The van der Waals surface area contributed by atoms with Crippen LogP contribution in [0.15, 0.2) is 0 Å². The number of unbranched alkanes of at least 4 members (excludes halogenated alkanes) is 1. The lowest BCUT2D eigenvalue weighted by molar-refractivity contribution is 0.121. The van der Waals surface area contributed by atoms with E-state index in [2.05, 4.69) is 12.2 Å². The molecule has 1 unspecified atom stereocenters. The molecule has 98 valence electrons. The summed E-state index contributed by atoms with van der Waals surface area (Å²) in [6.45, 7) is 6.14. The maximum Gasteiger partial charge on any atom is 0.0791 e. The Hall–Kier alpha value is -0.160. The molecule has 4 nitrogen and oxygen atoms in total. The quantitative estimate of drug-likeness (QED) is 0.515. The van der Waals surface area contributed by atoms with Gasteiger partial charge in [0.1, 0.15) is 0 Å². The van der Waals surface area contributed by atoms with Crippen molar-refractivity contribution in [3.63, 3.8) is 0 Å². The van der Waals surface area contributed by atoms with Crippen molar-refractivity contribution in [2.45, 2.75) is 32.3 Å². The average molecular weight is 232 g/mol. The standard InChI is InChI=1S/C12H28N2O2/c1-4-5-8-16-9-6-7-13-10-12(15)11-14(2)3/h12-13,15H,4-11H2,1-3H3. The fraction of sp³-hybridized carbons (Fsp3) is 1.00. The lowest BCUT2D eigenvalue weighted by atomic mass is 10.3. The fourth-order valence-electron chi connectivity index (χ4n) is 1.40. The normalized spacial score (nSPS) is 13.3. The Balaban J connectivity index is 3.08. The van der Waals surface area contributed by atoms with Gasteiger partial charge in [0, 0.05) is 26.3 Å². The first-order valence-corrected chi connectivity index (χ1v) is 6.28. The minimum atomic E-state index is -0.281. The zero-order valence-electron chi connectivity index (χ0n) is 11.0. The van der Waals surface area contributed by atoms with Crippen LogP contribution in [0.4, 0.5) is 0 Å². The molecule has 2 N–H and O–H groups in total. The second kappa shape index (κ2) is 11.3. The Morgan fingerprint density at radius 3 is 2.56 bits per heavy atom. The van der Waals surface area contributed by atoms with Crippen LogP contribution in [-0.4, -0.2) is 63.1 Å². The van der Waals surface area contributed by atoms with Gasteiger partial charge in [-0.2, -0.15) is 0 Å². The van der Waals surface area contributed by atoms with Gasteiger partial charge in [-0.25, -0.2) is 0 Å². The molecule has 0 radical (unpaired) electrons. The predicted molar refractivity (Wildman–Crippen MR) is 67.8 cm³/mol. The first-order chi connectivity index (χ1) is 7.66. The summed E-state index contributed by atoms with van der Waals surface area (Å²) in [5, 5.41) is 12.8. The summed E-state index contributed by atoms with van der Waals surface area (Å²) in [6, 6.07) is 0. The molecule has 0 aromatic carbocycles. The third-order valence-corrected chi connectivity index (χ3v) is 2.24. The maximum atomic E-state index is 9.56. The van der Waals surface area contributed by atoms with Crippen LogP contribution in [0, 0.1) is 0 Å². The number of hydrogen-bond donors (Lipinski definition) is 2. The van der Waals surface area contributed by atoms with Gasteiger partial charge < -0.3 is 20.1 Å². The van der Waals surface area contributed by atoms with Crippen molar-refractivity contribution in [3.8, 4) is 0 Å². The highest BCUT2D eigenvalue weighted by Crippen LogP contribution is 1.89. The second-order valence-corrected chi connectivity index (χ2v) is 4.44. The van der Waals surface area contributed by atoms with E-state index >= 15 is 0 Å². The van der Waals surface area contributed by atoms with E-state index < -0.39 is 0 Å². The van der Waals surface area contributed by atoms with Crippen LogP contribution < -0.4 is 5.32 Å². The van der Waals surface area contributed by atoms with Crippen LogP contribution in [-0.2, 0) is 4.74 Å². The van der Waals surface area contributed by atoms with Crippen LogP contribution >= 0.6 is 0 Å². The Morgan fingerprint density at radius 1 is 1.25 bits per heavy atom. The van der Waals surface area contributed by atoms with E-state index in [1.807, 2.05) is 19.0 Å². The topological polar surface area (TPSA) is 44.7 Å². The van der Waals surface area contributed by atoms with Crippen molar-refractivity contribution in [2.75, 3.05) is 46.9 Å². The van der Waals surface area contributed by atoms with Gasteiger partial charge in [0.05, 0.1) is 6.10 Å². The minimum absolute atomic E-state index is 0.281. The lowest BCUT2D eigenvalue weighted by Crippen LogP contribution is -2.35. The van der Waals surface area contributed by atoms with Gasteiger partial charge >= 0.3 is 0 Å². The number of ether oxygens (including phenoxy) is 1. The summed E-state index contributed by atoms with van der Waals surface area (Å²) in [5.41, 5.74) is 0. The molecule has 0 aromatic heterocycles. The summed E-state index contributed by atoms with van der Waals surface area (Å²) >= 11 is 0. The Kier molecular flexibility index (Phi) is 11.2. The highest BCUT2D eigenvalue weighted by Gasteiger charge is 2.03. The van der Waals surface area contributed by atoms with Gasteiger partial charge in [-0.3, -0.25) is 0 Å². The molecule has 0 fully saturated rings. The van der Waals surface area contributed by atoms with Crippen LogP contribution in [0.2, 0.25) is 0 Å². The van der Waals surface area contributed by atoms with Crippen LogP contribution in [0.3, 0.4) is 0 Å². The highest BCUT2D eigenvalue weighted by atomic mass is 16.5. The summed E-state index contributed by atoms with van der Waals surface area (Å²) in [4.78, 5) is 1.99. The highest BCUT2D eigenvalue weighted by molar-refractivity contribution is 4.61. The number of likely N-dealkylation sites (N-methyl/N-ethyl adjacent to an activating group) is 1. The molecule has 0 aliphatic carbocycles. The molecular formula is C12H28N2O2. The molecule has 16 heavy (non-hydrogen) atoms. The molecule has 0 saturated heterocycles. The smallest absolute Gasteiger partial charge is 0.0791 e. The SMILES string of the molecule is CCCCOCCCNCC(O)CN(C)C. The summed E-state index contributed by atoms with van der Waals surface area (Å²) in [7, 11) is 3.93. The van der Waals surface area contributed by atoms with Gasteiger partial charge in [-0.15, -0.1) is 0 Å². The van der Waals surface area contributed by atoms with Crippen molar-refractivity contribution in [1.29, 1.82) is 0 Å². The van der Waals surface area contributed by atoms with Gasteiger partial charge in [0.2, 0.25) is 0 Å². The molecule has 0 aliphatic heterocycles. The fourth-order valence-corrected chi connectivity index (χ4v) is 1.40. The van der Waals surface area contributed by atoms with Crippen LogP contribution in [0.5, 0.6) is 0 Å². The Labute approximate surface area is 100.0 Å². The molecule has 4 heteroatoms. The zero-order valence-corrected chi connectivity index (χ0v) is 11.0. The van der Waals surface area contributed by atoms with Crippen LogP contribution in [0.1, 0.15) is 26.2 Å². The largest absolute Gasteiger partial charge is 0.390 e. The van der Waals surface area contributed by atoms with E-state index in [0.29, 0.717) is 13.1 Å². The lowest BCUT2D eigenvalue weighted by Gasteiger charge is -2.16. The minimum Gasteiger partial charge on any atom is -0.390 e. The predicted octanol–water partition coefficient (Wildman–Crippen LogP) is 0.705. The summed E-state index contributed by atoms with van der Waals surface area (Å²) in [5.74, 6) is 0. The number of aliphatic hydroxyl groups excluding tert-OH is 1. The first-order valence-electron chi connectivity index (χ1n) is 6.28. The molecule has 0 amide bonds. The molecule has 0 spiro atoms. The Morgan fingerprint density at radius 2 is 1.94 bits per heavy atom. The first kappa shape index (κ1) is 15.8. The van der Waals surface area contributed by atoms with E-state index in [1.54, 1.807) is 0 Å². The van der Waals surface area contributed by atoms with Crippen LogP contribution in [0.25, 0.3) is 0 Å². The molecule has 0 aromatic rings. The number of nitrogens with zero attached hydrogens (tertiary/aromatic N) is 1. The third kappa shape index (κ3) is 11.9. The van der Waals surface area contributed by atoms with Crippen molar-refractivity contribution in [1.82, 2.24) is 10.2 Å². The molecule has 1 atom stereocenters. The van der Waals surface area contributed by atoms with Crippen molar-refractivity contribution >= 4 is 0 Å². The number of rotatable bonds is 11. The van der Waals surface area contributed by atoms with Crippen molar-refractivity contribution < 1.29 is 9.84 Å². The number of hydrogen-bond acceptors (Lipinski definition) is 4. The maximum absolute atomic E-state index is 9.56. The second-order valence-electron chi connectivity index (χ2n) is 4.44. The number of nitrogens with one attached hydrogen (secondary N) is 1. The van der Waals surface area contributed by atoms with Crippen molar-refractivity contribution in [3.05, 3.63) is 0 Å². The average Bonchev–Trinajstić information content (AvgIpc) is 2.21. The van der Waals surface area contributed by atoms with Gasteiger partial charge in [0.25, 0.3) is 0 Å². The van der Waals surface area contributed by atoms with E-state index in [4.69, 9.17) is 4.74 Å². The van der Waals surface area contributed by atoms with Gasteiger partial charge in [-0.05, 0) is 33.5 Å². The summed E-state index contributed by atoms with van der Waals surface area (Å²) < 4.78 is 5.43. The van der Waals surface area contributed by atoms with E-state index in [9.17, 15) is 5.11 Å². The molecule has 0 bridgehead atoms. The molecule has 0 saturated carbocycles. The molecular weight excluding hydrogens is 204 g/mol. The molecule has 0 heterocycles. The van der Waals surface area contributed by atoms with E-state index in [1.165, 1.54) is 6.42 Å². The number of aliphatic hydroxyl groups is 1. The van der Waals surface area contributed by atoms with E-state index in [-0.39, 0.29) is 6.10 Å². The van der Waals surface area contributed by atoms with Gasteiger partial charge in [0.15, 0.2) is 0 Å². The third-order valence-electron chi connectivity index (χ3n) is 2.24.